The topological polar surface area (TPSA) is 76.8 Å². The normalized spacial score (nSPS) is 15.3. The number of rotatable bonds is 4. The number of methoxy groups -OCH3 is 1. The van der Waals surface area contributed by atoms with E-state index in [0.29, 0.717) is 10.7 Å². The van der Waals surface area contributed by atoms with Crippen LogP contribution in [0.3, 0.4) is 0 Å². The zero-order valence-corrected chi connectivity index (χ0v) is 17.8. The molecule has 2 heterocycles. The number of benzene rings is 3. The molecule has 158 valence electrons. The molecule has 0 N–H and O–H groups in total. The molecule has 0 radical (unpaired) electrons. The molecule has 6 nitrogen and oxygen atoms in total. The molecular formula is C25H17NO5S. The number of fused-ring (bicyclic) bond motifs is 2. The first-order valence-corrected chi connectivity index (χ1v) is 10.7. The van der Waals surface area contributed by atoms with Crippen LogP contribution in [-0.4, -0.2) is 29.1 Å². The number of hydrogen-bond acceptors (Lipinski definition) is 6. The zero-order valence-electron chi connectivity index (χ0n) is 17.0. The van der Waals surface area contributed by atoms with Gasteiger partial charge >= 0.3 is 5.97 Å². The molecule has 1 aliphatic heterocycles. The molecule has 0 spiro atoms. The summed E-state index contributed by atoms with van der Waals surface area (Å²) in [5, 5.41) is 3.74. The lowest BCUT2D eigenvalue weighted by Crippen LogP contribution is -2.27. The molecule has 1 aliphatic rings. The van der Waals surface area contributed by atoms with Crippen LogP contribution in [0.5, 0.6) is 0 Å². The molecule has 32 heavy (non-hydrogen) atoms. The van der Waals surface area contributed by atoms with Gasteiger partial charge in [-0.05, 0) is 63.1 Å². The van der Waals surface area contributed by atoms with Crippen molar-refractivity contribution in [1.82, 2.24) is 4.90 Å². The number of hydrogen-bond donors (Lipinski definition) is 0. The molecule has 3 aromatic carbocycles. The first kappa shape index (κ1) is 20.1. The van der Waals surface area contributed by atoms with E-state index in [-0.39, 0.29) is 17.5 Å². The van der Waals surface area contributed by atoms with Crippen molar-refractivity contribution in [1.29, 1.82) is 0 Å². The molecule has 0 aliphatic carbocycles. The van der Waals surface area contributed by atoms with E-state index >= 15 is 0 Å². The van der Waals surface area contributed by atoms with E-state index in [9.17, 15) is 14.4 Å². The van der Waals surface area contributed by atoms with Gasteiger partial charge in [0, 0.05) is 0 Å². The van der Waals surface area contributed by atoms with Crippen molar-refractivity contribution in [3.8, 4) is 0 Å². The monoisotopic (exact) mass is 443 g/mol. The number of thioether (sulfide) groups is 1. The van der Waals surface area contributed by atoms with Gasteiger partial charge in [0.15, 0.2) is 0 Å². The Morgan fingerprint density at radius 3 is 2.31 bits per heavy atom. The molecule has 2 amide bonds. The van der Waals surface area contributed by atoms with Crippen molar-refractivity contribution < 1.29 is 23.5 Å². The van der Waals surface area contributed by atoms with E-state index in [4.69, 9.17) is 4.42 Å². The van der Waals surface area contributed by atoms with Crippen molar-refractivity contribution in [2.75, 3.05) is 7.11 Å². The Balaban J connectivity index is 1.52. The summed E-state index contributed by atoms with van der Waals surface area (Å²) >= 11 is 0.896. The number of esters is 1. The van der Waals surface area contributed by atoms with Gasteiger partial charge in [-0.1, -0.05) is 48.5 Å². The summed E-state index contributed by atoms with van der Waals surface area (Å²) in [7, 11) is 1.25. The van der Waals surface area contributed by atoms with Gasteiger partial charge in [0.1, 0.15) is 5.76 Å². The quantitative estimate of drug-likeness (QED) is 0.232. The van der Waals surface area contributed by atoms with E-state index in [0.717, 1.165) is 43.8 Å². The first-order chi connectivity index (χ1) is 15.5. The fraction of sp³-hybridized carbons (Fsp3) is 0.0800. The van der Waals surface area contributed by atoms with Crippen LogP contribution in [0.15, 0.2) is 76.1 Å². The average molecular weight is 443 g/mol. The van der Waals surface area contributed by atoms with Crippen LogP contribution in [-0.2, 0) is 16.1 Å². The van der Waals surface area contributed by atoms with Gasteiger partial charge in [0.2, 0.25) is 5.76 Å². The molecule has 0 saturated carbocycles. The van der Waals surface area contributed by atoms with E-state index in [1.807, 2.05) is 48.5 Å². The van der Waals surface area contributed by atoms with Crippen LogP contribution in [0, 0.1) is 0 Å². The Hall–Kier alpha value is -3.84. The van der Waals surface area contributed by atoms with Gasteiger partial charge in [-0.3, -0.25) is 14.5 Å². The summed E-state index contributed by atoms with van der Waals surface area (Å²) in [5.74, 6) is -0.669. The maximum atomic E-state index is 13.1. The smallest absolute Gasteiger partial charge is 0.373 e. The SMILES string of the molecule is COC(=O)c1ccc(CN2C(=O)S/C(=C/c3c4ccccc4cc4ccccc34)C2=O)o1. The van der Waals surface area contributed by atoms with Crippen LogP contribution in [0.25, 0.3) is 27.6 Å². The Kier molecular flexibility index (Phi) is 5.03. The number of ether oxygens (including phenoxy) is 1. The van der Waals surface area contributed by atoms with Crippen molar-refractivity contribution in [3.63, 3.8) is 0 Å². The number of imide groups is 1. The molecular weight excluding hydrogens is 426 g/mol. The lowest BCUT2D eigenvalue weighted by molar-refractivity contribution is -0.123. The molecule has 0 atom stereocenters. The highest BCUT2D eigenvalue weighted by Gasteiger charge is 2.36. The number of carbonyl (C=O) groups is 3. The second-order valence-electron chi connectivity index (χ2n) is 7.26. The molecule has 0 unspecified atom stereocenters. The lowest BCUT2D eigenvalue weighted by Gasteiger charge is -2.11. The minimum Gasteiger partial charge on any atom is -0.463 e. The molecule has 1 saturated heterocycles. The largest absolute Gasteiger partial charge is 0.463 e. The minimum atomic E-state index is -0.617. The summed E-state index contributed by atoms with van der Waals surface area (Å²) in [6.45, 7) is -0.0602. The zero-order chi connectivity index (χ0) is 22.2. The second kappa shape index (κ2) is 8.01. The fourth-order valence-electron chi connectivity index (χ4n) is 3.80. The molecule has 1 fully saturated rings. The third kappa shape index (κ3) is 3.46. The van der Waals surface area contributed by atoms with Crippen LogP contribution in [0.2, 0.25) is 0 Å². The Morgan fingerprint density at radius 2 is 1.66 bits per heavy atom. The number of nitrogens with zero attached hydrogens (tertiary/aromatic N) is 1. The molecule has 5 rings (SSSR count). The predicted molar refractivity (Wildman–Crippen MR) is 123 cm³/mol. The summed E-state index contributed by atoms with van der Waals surface area (Å²) in [4.78, 5) is 38.7. The van der Waals surface area contributed by atoms with Crippen LogP contribution in [0.4, 0.5) is 4.79 Å². The number of furan rings is 1. The summed E-state index contributed by atoms with van der Waals surface area (Å²) < 4.78 is 10.0. The van der Waals surface area contributed by atoms with Gasteiger partial charge < -0.3 is 9.15 Å². The highest BCUT2D eigenvalue weighted by Crippen LogP contribution is 2.37. The van der Waals surface area contributed by atoms with Crippen molar-refractivity contribution in [2.24, 2.45) is 0 Å². The van der Waals surface area contributed by atoms with Gasteiger partial charge in [0.05, 0.1) is 18.6 Å². The summed E-state index contributed by atoms with van der Waals surface area (Å²) in [6.07, 6.45) is 1.79. The number of carbonyl (C=O) groups excluding carboxylic acids is 3. The molecule has 1 aromatic heterocycles. The van der Waals surface area contributed by atoms with Gasteiger partial charge in [-0.2, -0.15) is 0 Å². The Bertz CT molecular complexity index is 1380. The lowest BCUT2D eigenvalue weighted by atomic mass is 9.96. The molecule has 0 bridgehead atoms. The average Bonchev–Trinajstić information content (AvgIpc) is 3.39. The third-order valence-electron chi connectivity index (χ3n) is 5.32. The predicted octanol–water partition coefficient (Wildman–Crippen LogP) is 5.61. The first-order valence-electron chi connectivity index (χ1n) is 9.88. The van der Waals surface area contributed by atoms with E-state index in [1.165, 1.54) is 13.2 Å². The summed E-state index contributed by atoms with van der Waals surface area (Å²) in [5.41, 5.74) is 0.898. The third-order valence-corrected chi connectivity index (χ3v) is 6.23. The van der Waals surface area contributed by atoms with E-state index in [2.05, 4.69) is 10.8 Å². The maximum absolute atomic E-state index is 13.1. The number of amides is 2. The Morgan fingerprint density at radius 1 is 1.00 bits per heavy atom. The second-order valence-corrected chi connectivity index (χ2v) is 8.25. The van der Waals surface area contributed by atoms with Gasteiger partial charge in [-0.25, -0.2) is 4.79 Å². The maximum Gasteiger partial charge on any atom is 0.373 e. The van der Waals surface area contributed by atoms with Crippen LogP contribution < -0.4 is 0 Å². The van der Waals surface area contributed by atoms with Crippen LogP contribution >= 0.6 is 11.8 Å². The minimum absolute atomic E-state index is 0.0206. The molecule has 7 heteroatoms. The Labute approximate surface area is 187 Å². The van der Waals surface area contributed by atoms with Gasteiger partial charge in [-0.15, -0.1) is 0 Å². The summed E-state index contributed by atoms with van der Waals surface area (Å²) in [6, 6.07) is 21.1. The van der Waals surface area contributed by atoms with E-state index < -0.39 is 11.9 Å². The van der Waals surface area contributed by atoms with Crippen molar-refractivity contribution >= 4 is 56.5 Å². The highest BCUT2D eigenvalue weighted by molar-refractivity contribution is 8.18. The fourth-order valence-corrected chi connectivity index (χ4v) is 4.62. The highest BCUT2D eigenvalue weighted by atomic mass is 32.2. The molecule has 4 aromatic rings. The van der Waals surface area contributed by atoms with E-state index in [1.54, 1.807) is 12.1 Å². The van der Waals surface area contributed by atoms with Crippen molar-refractivity contribution in [2.45, 2.75) is 6.54 Å². The van der Waals surface area contributed by atoms with Crippen LogP contribution in [0.1, 0.15) is 21.9 Å². The van der Waals surface area contributed by atoms with Crippen molar-refractivity contribution in [3.05, 3.63) is 88.7 Å². The van der Waals surface area contributed by atoms with Gasteiger partial charge in [0.25, 0.3) is 11.1 Å². The standard InChI is InChI=1S/C25H17NO5S/c1-30-24(28)21-11-10-17(31-21)14-26-23(27)22(32-25(26)29)13-20-18-8-4-2-6-15(18)12-16-7-3-5-9-19(16)20/h2-13H,14H2,1H3/b22-13+.